The zero-order chi connectivity index (χ0) is 21.8. The SMILES string of the molecule is O=C1CCc2cc(CCN3CCC(C4=CNC5CCC(F)CC45)CC3)c(F)c3c2N1CC3. The molecule has 4 aliphatic heterocycles. The Hall–Kier alpha value is -1.95. The zero-order valence-corrected chi connectivity index (χ0v) is 18.7. The highest BCUT2D eigenvalue weighted by Crippen LogP contribution is 2.42. The van der Waals surface area contributed by atoms with Crippen molar-refractivity contribution in [2.24, 2.45) is 11.8 Å². The van der Waals surface area contributed by atoms with Crippen molar-refractivity contribution in [3.63, 3.8) is 0 Å². The maximum absolute atomic E-state index is 15.2. The predicted molar refractivity (Wildman–Crippen MR) is 121 cm³/mol. The third-order valence-electron chi connectivity index (χ3n) is 8.68. The van der Waals surface area contributed by atoms with Gasteiger partial charge in [-0.3, -0.25) is 4.79 Å². The summed E-state index contributed by atoms with van der Waals surface area (Å²) < 4.78 is 29.2. The number of amides is 1. The molecule has 1 aromatic rings. The fourth-order valence-electron chi connectivity index (χ4n) is 6.92. The van der Waals surface area contributed by atoms with Crippen LogP contribution in [0.15, 0.2) is 17.8 Å². The number of fused-ring (bicyclic) bond motifs is 1. The summed E-state index contributed by atoms with van der Waals surface area (Å²) in [6.07, 6.45) is 8.77. The molecular formula is C26H33F2N3O. The number of likely N-dealkylation sites (tertiary alicyclic amines) is 1. The van der Waals surface area contributed by atoms with Crippen molar-refractivity contribution in [2.75, 3.05) is 31.1 Å². The lowest BCUT2D eigenvalue weighted by molar-refractivity contribution is -0.118. The number of benzene rings is 1. The van der Waals surface area contributed by atoms with Gasteiger partial charge in [0.05, 0.1) is 5.69 Å². The minimum Gasteiger partial charge on any atom is -0.388 e. The summed E-state index contributed by atoms with van der Waals surface area (Å²) >= 11 is 0. The number of anilines is 1. The monoisotopic (exact) mass is 441 g/mol. The number of hydrogen-bond donors (Lipinski definition) is 1. The first-order valence-corrected chi connectivity index (χ1v) is 12.5. The summed E-state index contributed by atoms with van der Waals surface area (Å²) in [5.41, 5.74) is 5.07. The standard InChI is InChI=1S/C26H33F2N3O/c27-19-2-3-23-21(14-19)22(15-29-23)16-5-9-30(10-6-16)11-7-17-13-18-1-4-24(32)31-12-8-20(25(17)28)26(18)31/h13,15-16,19,21,23,29H,1-12,14H2. The van der Waals surface area contributed by atoms with Gasteiger partial charge in [-0.25, -0.2) is 8.78 Å². The largest absolute Gasteiger partial charge is 0.388 e. The molecule has 1 aromatic carbocycles. The molecular weight excluding hydrogens is 408 g/mol. The maximum atomic E-state index is 15.2. The summed E-state index contributed by atoms with van der Waals surface area (Å²) in [5.74, 6) is 1.01. The molecule has 1 N–H and O–H groups in total. The number of nitrogens with zero attached hydrogens (tertiary/aromatic N) is 2. The first kappa shape index (κ1) is 20.6. The van der Waals surface area contributed by atoms with Gasteiger partial charge in [0.15, 0.2) is 0 Å². The molecule has 2 fully saturated rings. The van der Waals surface area contributed by atoms with Crippen LogP contribution in [0.1, 0.15) is 55.2 Å². The van der Waals surface area contributed by atoms with E-state index in [-0.39, 0.29) is 11.7 Å². The molecule has 6 rings (SSSR count). The molecule has 0 radical (unpaired) electrons. The van der Waals surface area contributed by atoms with Gasteiger partial charge in [-0.2, -0.15) is 0 Å². The molecule has 4 nitrogen and oxygen atoms in total. The Bertz CT molecular complexity index is 953. The molecule has 0 aromatic heterocycles. The van der Waals surface area contributed by atoms with Gasteiger partial charge in [-0.05, 0) is 93.3 Å². The normalized spacial score (nSPS) is 30.2. The first-order valence-electron chi connectivity index (χ1n) is 12.5. The smallest absolute Gasteiger partial charge is 0.227 e. The lowest BCUT2D eigenvalue weighted by atomic mass is 9.75. The Morgan fingerprint density at radius 3 is 2.75 bits per heavy atom. The van der Waals surface area contributed by atoms with E-state index in [0.29, 0.717) is 50.1 Å². The fraction of sp³-hybridized carbons (Fsp3) is 0.654. The maximum Gasteiger partial charge on any atom is 0.227 e. The molecule has 32 heavy (non-hydrogen) atoms. The van der Waals surface area contributed by atoms with E-state index in [4.69, 9.17) is 0 Å². The molecule has 0 spiro atoms. The average molecular weight is 442 g/mol. The van der Waals surface area contributed by atoms with Crippen molar-refractivity contribution in [2.45, 2.75) is 70.0 Å². The molecule has 5 aliphatic rings. The third kappa shape index (κ3) is 3.46. The zero-order valence-electron chi connectivity index (χ0n) is 18.7. The van der Waals surface area contributed by atoms with E-state index in [2.05, 4.69) is 16.4 Å². The number of rotatable bonds is 4. The van der Waals surface area contributed by atoms with Gasteiger partial charge in [-0.15, -0.1) is 0 Å². The third-order valence-corrected chi connectivity index (χ3v) is 8.68. The number of carbonyl (C=O) groups excluding carboxylic acids is 1. The molecule has 3 unspecified atom stereocenters. The van der Waals surface area contributed by atoms with E-state index in [1.165, 1.54) is 5.57 Å². The van der Waals surface area contributed by atoms with Gasteiger partial charge in [0.1, 0.15) is 12.0 Å². The average Bonchev–Trinajstić information content (AvgIpc) is 3.43. The second kappa shape index (κ2) is 8.12. The van der Waals surface area contributed by atoms with Crippen molar-refractivity contribution in [1.82, 2.24) is 10.2 Å². The number of carbonyl (C=O) groups is 1. The summed E-state index contributed by atoms with van der Waals surface area (Å²) in [5, 5.41) is 3.52. The lowest BCUT2D eigenvalue weighted by Gasteiger charge is -2.36. The Kier molecular flexibility index (Phi) is 5.24. The predicted octanol–water partition coefficient (Wildman–Crippen LogP) is 3.91. The number of hydrogen-bond acceptors (Lipinski definition) is 3. The Morgan fingerprint density at radius 1 is 1.06 bits per heavy atom. The second-order valence-corrected chi connectivity index (χ2v) is 10.4. The molecule has 1 aliphatic carbocycles. The number of alkyl halides is 1. The second-order valence-electron chi connectivity index (χ2n) is 10.4. The minimum atomic E-state index is -0.641. The highest BCUT2D eigenvalue weighted by Gasteiger charge is 2.39. The van der Waals surface area contributed by atoms with Crippen molar-refractivity contribution in [1.29, 1.82) is 0 Å². The van der Waals surface area contributed by atoms with Gasteiger partial charge in [0, 0.05) is 37.0 Å². The van der Waals surface area contributed by atoms with E-state index in [0.717, 1.165) is 74.1 Å². The van der Waals surface area contributed by atoms with E-state index in [1.54, 1.807) is 4.90 Å². The summed E-state index contributed by atoms with van der Waals surface area (Å²) in [7, 11) is 0. The summed E-state index contributed by atoms with van der Waals surface area (Å²) in [6, 6.07) is 2.47. The lowest BCUT2D eigenvalue weighted by Crippen LogP contribution is -2.38. The Balaban J connectivity index is 1.07. The molecule has 1 saturated carbocycles. The topological polar surface area (TPSA) is 35.6 Å². The molecule has 3 atom stereocenters. The Labute approximate surface area is 189 Å². The van der Waals surface area contributed by atoms with Gasteiger partial charge in [-0.1, -0.05) is 6.07 Å². The molecule has 0 bridgehead atoms. The van der Waals surface area contributed by atoms with Crippen LogP contribution in [0.25, 0.3) is 0 Å². The van der Waals surface area contributed by atoms with Crippen LogP contribution in [0.5, 0.6) is 0 Å². The van der Waals surface area contributed by atoms with Gasteiger partial charge in [0.2, 0.25) is 5.91 Å². The van der Waals surface area contributed by atoms with Crippen LogP contribution in [0.3, 0.4) is 0 Å². The first-order chi connectivity index (χ1) is 15.6. The number of piperidine rings is 1. The molecule has 1 amide bonds. The van der Waals surface area contributed by atoms with Crippen LogP contribution < -0.4 is 10.2 Å². The van der Waals surface area contributed by atoms with Crippen LogP contribution in [0.4, 0.5) is 14.5 Å². The molecule has 6 heteroatoms. The molecule has 172 valence electrons. The van der Waals surface area contributed by atoms with E-state index in [9.17, 15) is 9.18 Å². The van der Waals surface area contributed by atoms with E-state index < -0.39 is 6.17 Å². The van der Waals surface area contributed by atoms with Crippen LogP contribution in [-0.4, -0.2) is 49.2 Å². The van der Waals surface area contributed by atoms with Gasteiger partial charge in [0.25, 0.3) is 0 Å². The van der Waals surface area contributed by atoms with Crippen molar-refractivity contribution >= 4 is 11.6 Å². The molecule has 1 saturated heterocycles. The van der Waals surface area contributed by atoms with Gasteiger partial charge < -0.3 is 15.1 Å². The molecule has 4 heterocycles. The quantitative estimate of drug-likeness (QED) is 0.770. The van der Waals surface area contributed by atoms with Gasteiger partial charge >= 0.3 is 0 Å². The van der Waals surface area contributed by atoms with E-state index >= 15 is 4.39 Å². The Morgan fingerprint density at radius 2 is 1.91 bits per heavy atom. The highest BCUT2D eigenvalue weighted by molar-refractivity contribution is 5.98. The van der Waals surface area contributed by atoms with Crippen molar-refractivity contribution in [3.8, 4) is 0 Å². The fourth-order valence-corrected chi connectivity index (χ4v) is 6.92. The van der Waals surface area contributed by atoms with Crippen LogP contribution >= 0.6 is 0 Å². The highest BCUT2D eigenvalue weighted by atomic mass is 19.1. The minimum absolute atomic E-state index is 0.0814. The number of aryl methyl sites for hydroxylation is 1. The van der Waals surface area contributed by atoms with Crippen LogP contribution in [0.2, 0.25) is 0 Å². The summed E-state index contributed by atoms with van der Waals surface area (Å²) in [4.78, 5) is 16.4. The number of nitrogens with one attached hydrogen (secondary N) is 1. The summed E-state index contributed by atoms with van der Waals surface area (Å²) in [6.45, 7) is 3.56. The number of halogens is 2. The van der Waals surface area contributed by atoms with Crippen LogP contribution in [0, 0.1) is 17.7 Å². The van der Waals surface area contributed by atoms with E-state index in [1.807, 2.05) is 6.07 Å². The van der Waals surface area contributed by atoms with Crippen molar-refractivity contribution < 1.29 is 13.6 Å². The van der Waals surface area contributed by atoms with Crippen LogP contribution in [-0.2, 0) is 24.1 Å². The van der Waals surface area contributed by atoms with Crippen molar-refractivity contribution in [3.05, 3.63) is 40.3 Å².